The van der Waals surface area contributed by atoms with Crippen molar-refractivity contribution >= 4 is 23.4 Å². The zero-order chi connectivity index (χ0) is 17.6. The molecule has 1 aliphatic rings. The smallest absolute Gasteiger partial charge is 0.337 e. The highest BCUT2D eigenvalue weighted by molar-refractivity contribution is 5.92. The first-order valence-corrected chi connectivity index (χ1v) is 8.24. The molecule has 0 aliphatic carbocycles. The maximum atomic E-state index is 12.4. The number of esters is 1. The van der Waals surface area contributed by atoms with Gasteiger partial charge in [0.2, 0.25) is 0 Å². The SMILES string of the molecule is COC(=O)c1cccc(Nc2cnc(C(=O)N3CCCCC3)cn2)c1. The second-order valence-electron chi connectivity index (χ2n) is 5.84. The first kappa shape index (κ1) is 16.9. The van der Waals surface area contributed by atoms with E-state index in [1.165, 1.54) is 25.9 Å². The van der Waals surface area contributed by atoms with Gasteiger partial charge in [-0.1, -0.05) is 6.07 Å². The van der Waals surface area contributed by atoms with Crippen LogP contribution in [0.15, 0.2) is 36.7 Å². The van der Waals surface area contributed by atoms with Crippen LogP contribution in [0.25, 0.3) is 0 Å². The van der Waals surface area contributed by atoms with Gasteiger partial charge in [-0.3, -0.25) is 4.79 Å². The van der Waals surface area contributed by atoms with Crippen molar-refractivity contribution in [3.05, 3.63) is 47.9 Å². The molecule has 0 atom stereocenters. The lowest BCUT2D eigenvalue weighted by atomic mass is 10.1. The van der Waals surface area contributed by atoms with E-state index in [1.807, 2.05) is 4.90 Å². The number of hydrogen-bond acceptors (Lipinski definition) is 6. The number of carbonyl (C=O) groups excluding carboxylic acids is 2. The Bertz CT molecular complexity index is 755. The van der Waals surface area contributed by atoms with Crippen molar-refractivity contribution in [2.75, 3.05) is 25.5 Å². The van der Waals surface area contributed by atoms with Gasteiger partial charge in [0.25, 0.3) is 5.91 Å². The van der Waals surface area contributed by atoms with E-state index in [0.717, 1.165) is 25.9 Å². The Morgan fingerprint density at radius 1 is 1.12 bits per heavy atom. The highest BCUT2D eigenvalue weighted by Crippen LogP contribution is 2.17. The second-order valence-corrected chi connectivity index (χ2v) is 5.84. The molecule has 1 N–H and O–H groups in total. The molecule has 130 valence electrons. The normalized spacial score (nSPS) is 14.0. The molecular formula is C18H20N4O3. The average molecular weight is 340 g/mol. The van der Waals surface area contributed by atoms with Crippen LogP contribution in [-0.4, -0.2) is 46.9 Å². The van der Waals surface area contributed by atoms with Crippen molar-refractivity contribution in [2.24, 2.45) is 0 Å². The summed E-state index contributed by atoms with van der Waals surface area (Å²) in [7, 11) is 1.34. The Morgan fingerprint density at radius 3 is 2.60 bits per heavy atom. The van der Waals surface area contributed by atoms with Crippen LogP contribution < -0.4 is 5.32 Å². The number of anilines is 2. The lowest BCUT2D eigenvalue weighted by Crippen LogP contribution is -2.36. The summed E-state index contributed by atoms with van der Waals surface area (Å²) in [4.78, 5) is 34.2. The van der Waals surface area contributed by atoms with E-state index in [0.29, 0.717) is 22.8 Å². The summed E-state index contributed by atoms with van der Waals surface area (Å²) in [5.41, 5.74) is 1.47. The third-order valence-corrected chi connectivity index (χ3v) is 4.07. The predicted molar refractivity (Wildman–Crippen MR) is 92.9 cm³/mol. The van der Waals surface area contributed by atoms with Crippen molar-refractivity contribution in [1.82, 2.24) is 14.9 Å². The highest BCUT2D eigenvalue weighted by atomic mass is 16.5. The van der Waals surface area contributed by atoms with Gasteiger partial charge in [0.05, 0.1) is 25.1 Å². The van der Waals surface area contributed by atoms with Crippen LogP contribution in [0, 0.1) is 0 Å². The van der Waals surface area contributed by atoms with Gasteiger partial charge in [-0.15, -0.1) is 0 Å². The zero-order valence-corrected chi connectivity index (χ0v) is 14.1. The van der Waals surface area contributed by atoms with Gasteiger partial charge >= 0.3 is 5.97 Å². The molecule has 0 spiro atoms. The summed E-state index contributed by atoms with van der Waals surface area (Å²) in [6, 6.07) is 6.89. The number of likely N-dealkylation sites (tertiary alicyclic amines) is 1. The maximum absolute atomic E-state index is 12.4. The predicted octanol–water partition coefficient (Wildman–Crippen LogP) is 2.63. The number of aromatic nitrogens is 2. The Kier molecular flexibility index (Phi) is 5.23. The second kappa shape index (κ2) is 7.74. The number of nitrogens with zero attached hydrogens (tertiary/aromatic N) is 3. The van der Waals surface area contributed by atoms with Gasteiger partial charge in [0, 0.05) is 18.8 Å². The number of amides is 1. The topological polar surface area (TPSA) is 84.4 Å². The number of hydrogen-bond donors (Lipinski definition) is 1. The third kappa shape index (κ3) is 4.12. The fourth-order valence-electron chi connectivity index (χ4n) is 2.75. The average Bonchev–Trinajstić information content (AvgIpc) is 2.68. The molecule has 7 nitrogen and oxygen atoms in total. The van der Waals surface area contributed by atoms with Crippen molar-refractivity contribution in [1.29, 1.82) is 0 Å². The molecule has 3 rings (SSSR count). The van der Waals surface area contributed by atoms with Crippen LogP contribution in [0.5, 0.6) is 0 Å². The Hall–Kier alpha value is -2.96. The molecule has 1 fully saturated rings. The summed E-state index contributed by atoms with van der Waals surface area (Å²) in [5.74, 6) is 0.0147. The molecule has 1 aromatic heterocycles. The lowest BCUT2D eigenvalue weighted by molar-refractivity contribution is 0.0600. The summed E-state index contributed by atoms with van der Waals surface area (Å²) in [6.45, 7) is 1.56. The fourth-order valence-corrected chi connectivity index (χ4v) is 2.75. The molecule has 0 radical (unpaired) electrons. The molecule has 0 unspecified atom stereocenters. The van der Waals surface area contributed by atoms with E-state index in [2.05, 4.69) is 15.3 Å². The van der Waals surface area contributed by atoms with E-state index >= 15 is 0 Å². The van der Waals surface area contributed by atoms with Crippen molar-refractivity contribution in [3.8, 4) is 0 Å². The molecular weight excluding hydrogens is 320 g/mol. The van der Waals surface area contributed by atoms with Gasteiger partial charge in [0.1, 0.15) is 11.5 Å². The third-order valence-electron chi connectivity index (χ3n) is 4.07. The lowest BCUT2D eigenvalue weighted by Gasteiger charge is -2.26. The molecule has 0 saturated carbocycles. The fraction of sp³-hybridized carbons (Fsp3) is 0.333. The number of rotatable bonds is 4. The molecule has 7 heteroatoms. The van der Waals surface area contributed by atoms with Gasteiger partial charge in [-0.2, -0.15) is 0 Å². The minimum Gasteiger partial charge on any atom is -0.465 e. The Labute approximate surface area is 146 Å². The number of carbonyl (C=O) groups is 2. The number of piperidine rings is 1. The number of benzene rings is 1. The van der Waals surface area contributed by atoms with E-state index in [4.69, 9.17) is 4.74 Å². The molecule has 25 heavy (non-hydrogen) atoms. The van der Waals surface area contributed by atoms with E-state index in [1.54, 1.807) is 24.3 Å². The minimum atomic E-state index is -0.405. The summed E-state index contributed by atoms with van der Waals surface area (Å²) >= 11 is 0. The first-order valence-electron chi connectivity index (χ1n) is 8.24. The van der Waals surface area contributed by atoms with Crippen LogP contribution in [0.1, 0.15) is 40.1 Å². The summed E-state index contributed by atoms with van der Waals surface area (Å²) in [5, 5.41) is 3.06. The number of nitrogens with one attached hydrogen (secondary N) is 1. The van der Waals surface area contributed by atoms with E-state index in [-0.39, 0.29) is 5.91 Å². The number of methoxy groups -OCH3 is 1. The quantitative estimate of drug-likeness (QED) is 0.861. The van der Waals surface area contributed by atoms with Crippen LogP contribution >= 0.6 is 0 Å². The van der Waals surface area contributed by atoms with Crippen LogP contribution in [-0.2, 0) is 4.74 Å². The highest BCUT2D eigenvalue weighted by Gasteiger charge is 2.19. The molecule has 0 bridgehead atoms. The molecule has 2 heterocycles. The van der Waals surface area contributed by atoms with Gasteiger partial charge < -0.3 is 15.0 Å². The standard InChI is InChI=1S/C18H20N4O3/c1-25-18(24)13-6-5-7-14(10-13)21-16-12-19-15(11-20-16)17(23)22-8-3-2-4-9-22/h5-7,10-12H,2-4,8-9H2,1H3,(H,20,21). The van der Waals surface area contributed by atoms with Gasteiger partial charge in [0.15, 0.2) is 0 Å². The van der Waals surface area contributed by atoms with Crippen LogP contribution in [0.3, 0.4) is 0 Å². The monoisotopic (exact) mass is 340 g/mol. The molecule has 1 saturated heterocycles. The Balaban J connectivity index is 1.68. The van der Waals surface area contributed by atoms with E-state index in [9.17, 15) is 9.59 Å². The van der Waals surface area contributed by atoms with Crippen molar-refractivity contribution < 1.29 is 14.3 Å². The van der Waals surface area contributed by atoms with E-state index < -0.39 is 5.97 Å². The van der Waals surface area contributed by atoms with Gasteiger partial charge in [-0.05, 0) is 37.5 Å². The Morgan fingerprint density at radius 2 is 1.92 bits per heavy atom. The van der Waals surface area contributed by atoms with Crippen molar-refractivity contribution in [2.45, 2.75) is 19.3 Å². The largest absolute Gasteiger partial charge is 0.465 e. The minimum absolute atomic E-state index is 0.0774. The molecule has 1 aliphatic heterocycles. The summed E-state index contributed by atoms with van der Waals surface area (Å²) in [6.07, 6.45) is 6.24. The zero-order valence-electron chi connectivity index (χ0n) is 14.1. The molecule has 2 aromatic rings. The molecule has 1 amide bonds. The van der Waals surface area contributed by atoms with Gasteiger partial charge in [-0.25, -0.2) is 14.8 Å². The maximum Gasteiger partial charge on any atom is 0.337 e. The molecule has 1 aromatic carbocycles. The van der Waals surface area contributed by atoms with Crippen LogP contribution in [0.2, 0.25) is 0 Å². The first-order chi connectivity index (χ1) is 12.2. The van der Waals surface area contributed by atoms with Crippen molar-refractivity contribution in [3.63, 3.8) is 0 Å². The number of ether oxygens (including phenoxy) is 1. The summed E-state index contributed by atoms with van der Waals surface area (Å²) < 4.78 is 4.70. The van der Waals surface area contributed by atoms with Crippen LogP contribution in [0.4, 0.5) is 11.5 Å².